The van der Waals surface area contributed by atoms with Crippen molar-refractivity contribution >= 4 is 5.69 Å². The summed E-state index contributed by atoms with van der Waals surface area (Å²) >= 11 is 0. The minimum Gasteiger partial charge on any atom is -0.399 e. The van der Waals surface area contributed by atoms with Gasteiger partial charge in [0.25, 0.3) is 0 Å². The molecule has 16 heavy (non-hydrogen) atoms. The maximum atomic E-state index is 5.68. The molecule has 0 fully saturated rings. The lowest BCUT2D eigenvalue weighted by Gasteiger charge is -1.95. The van der Waals surface area contributed by atoms with Crippen LogP contribution < -0.4 is 5.73 Å². The average molecular weight is 208 g/mol. The first-order chi connectivity index (χ1) is 7.75. The third-order valence-electron chi connectivity index (χ3n) is 2.25. The third-order valence-corrected chi connectivity index (χ3v) is 2.25. The molecule has 2 heteroatoms. The topological polar surface area (TPSA) is 38.9 Å². The van der Waals surface area contributed by atoms with Crippen LogP contribution in [0, 0.1) is 18.8 Å². The van der Waals surface area contributed by atoms with Gasteiger partial charge in [0.1, 0.15) is 0 Å². The number of nitrogens with two attached hydrogens (primary N) is 1. The van der Waals surface area contributed by atoms with Crippen molar-refractivity contribution in [3.05, 3.63) is 59.4 Å². The van der Waals surface area contributed by atoms with Crippen molar-refractivity contribution in [2.24, 2.45) is 0 Å². The molecule has 0 aliphatic heterocycles. The number of anilines is 1. The van der Waals surface area contributed by atoms with Gasteiger partial charge < -0.3 is 5.73 Å². The predicted octanol–water partition coefficient (Wildman–Crippen LogP) is 2.37. The molecule has 0 aliphatic rings. The average Bonchev–Trinajstić information content (AvgIpc) is 2.28. The fourth-order valence-corrected chi connectivity index (χ4v) is 1.37. The summed E-state index contributed by atoms with van der Waals surface area (Å²) in [5, 5.41) is 0. The van der Waals surface area contributed by atoms with Gasteiger partial charge in [-0.15, -0.1) is 0 Å². The van der Waals surface area contributed by atoms with Crippen LogP contribution in [0.25, 0.3) is 0 Å². The molecule has 0 saturated heterocycles. The molecular weight excluding hydrogens is 196 g/mol. The van der Waals surface area contributed by atoms with Crippen LogP contribution in [0.3, 0.4) is 0 Å². The molecule has 2 rings (SSSR count). The van der Waals surface area contributed by atoms with Crippen LogP contribution in [0.5, 0.6) is 0 Å². The van der Waals surface area contributed by atoms with Crippen molar-refractivity contribution in [1.29, 1.82) is 0 Å². The van der Waals surface area contributed by atoms with E-state index in [0.29, 0.717) is 0 Å². The van der Waals surface area contributed by atoms with Gasteiger partial charge >= 0.3 is 0 Å². The van der Waals surface area contributed by atoms with Crippen molar-refractivity contribution in [3.63, 3.8) is 0 Å². The third kappa shape index (κ3) is 2.40. The van der Waals surface area contributed by atoms with Gasteiger partial charge in [-0.1, -0.05) is 17.9 Å². The Kier molecular flexibility index (Phi) is 2.88. The van der Waals surface area contributed by atoms with E-state index >= 15 is 0 Å². The van der Waals surface area contributed by atoms with Crippen molar-refractivity contribution in [3.8, 4) is 11.8 Å². The SMILES string of the molecule is Cc1cnccc1C#Cc1cccc(N)c1. The Labute approximate surface area is 95.1 Å². The zero-order valence-corrected chi connectivity index (χ0v) is 9.07. The van der Waals surface area contributed by atoms with Gasteiger partial charge in [-0.25, -0.2) is 0 Å². The van der Waals surface area contributed by atoms with Gasteiger partial charge in [0, 0.05) is 29.2 Å². The minimum absolute atomic E-state index is 0.734. The second-order valence-corrected chi connectivity index (χ2v) is 3.57. The summed E-state index contributed by atoms with van der Waals surface area (Å²) in [6, 6.07) is 9.47. The van der Waals surface area contributed by atoms with Gasteiger partial charge in [-0.05, 0) is 36.8 Å². The second-order valence-electron chi connectivity index (χ2n) is 3.57. The van der Waals surface area contributed by atoms with Crippen LogP contribution in [0.2, 0.25) is 0 Å². The number of benzene rings is 1. The first-order valence-electron chi connectivity index (χ1n) is 5.04. The van der Waals surface area contributed by atoms with E-state index in [1.54, 1.807) is 6.20 Å². The standard InChI is InChI=1S/C14H12N2/c1-11-10-16-8-7-13(11)6-5-12-3-2-4-14(15)9-12/h2-4,7-10H,15H2,1H3. The van der Waals surface area contributed by atoms with Crippen LogP contribution in [-0.2, 0) is 0 Å². The van der Waals surface area contributed by atoms with Crippen LogP contribution in [0.4, 0.5) is 5.69 Å². The van der Waals surface area contributed by atoms with Gasteiger partial charge in [-0.2, -0.15) is 0 Å². The monoisotopic (exact) mass is 208 g/mol. The molecule has 1 aromatic carbocycles. The number of aryl methyl sites for hydroxylation is 1. The number of hydrogen-bond acceptors (Lipinski definition) is 2. The highest BCUT2D eigenvalue weighted by Crippen LogP contribution is 2.06. The van der Waals surface area contributed by atoms with Gasteiger partial charge in [0.15, 0.2) is 0 Å². The maximum absolute atomic E-state index is 5.68. The van der Waals surface area contributed by atoms with Crippen molar-refractivity contribution in [2.45, 2.75) is 6.92 Å². The summed E-state index contributed by atoms with van der Waals surface area (Å²) in [6.07, 6.45) is 3.56. The van der Waals surface area contributed by atoms with E-state index in [4.69, 9.17) is 5.73 Å². The number of rotatable bonds is 0. The van der Waals surface area contributed by atoms with Gasteiger partial charge in [0.2, 0.25) is 0 Å². The molecule has 0 spiro atoms. The Morgan fingerprint density at radius 3 is 2.81 bits per heavy atom. The van der Waals surface area contributed by atoms with Crippen molar-refractivity contribution in [1.82, 2.24) is 4.98 Å². The fraction of sp³-hybridized carbons (Fsp3) is 0.0714. The lowest BCUT2D eigenvalue weighted by Crippen LogP contribution is -1.85. The van der Waals surface area contributed by atoms with E-state index < -0.39 is 0 Å². The van der Waals surface area contributed by atoms with Crippen LogP contribution in [-0.4, -0.2) is 4.98 Å². The normalized spacial score (nSPS) is 9.31. The molecule has 2 nitrogen and oxygen atoms in total. The number of pyridine rings is 1. The van der Waals surface area contributed by atoms with Crippen molar-refractivity contribution < 1.29 is 0 Å². The molecular formula is C14H12N2. The van der Waals surface area contributed by atoms with Crippen LogP contribution in [0.15, 0.2) is 42.7 Å². The largest absolute Gasteiger partial charge is 0.399 e. The molecule has 0 aliphatic carbocycles. The summed E-state index contributed by atoms with van der Waals surface area (Å²) < 4.78 is 0. The number of hydrogen-bond donors (Lipinski definition) is 1. The predicted molar refractivity (Wildman–Crippen MR) is 65.8 cm³/mol. The summed E-state index contributed by atoms with van der Waals surface area (Å²) in [7, 11) is 0. The highest BCUT2D eigenvalue weighted by atomic mass is 14.6. The van der Waals surface area contributed by atoms with Crippen molar-refractivity contribution in [2.75, 3.05) is 5.73 Å². The Morgan fingerprint density at radius 2 is 2.06 bits per heavy atom. The van der Waals surface area contributed by atoms with E-state index in [2.05, 4.69) is 16.8 Å². The summed E-state index contributed by atoms with van der Waals surface area (Å²) in [5.41, 5.74) is 9.42. The zero-order valence-electron chi connectivity index (χ0n) is 9.07. The molecule has 0 saturated carbocycles. The highest BCUT2D eigenvalue weighted by molar-refractivity contribution is 5.50. The molecule has 1 heterocycles. The van der Waals surface area contributed by atoms with Crippen LogP contribution in [0.1, 0.15) is 16.7 Å². The van der Waals surface area contributed by atoms with Crippen LogP contribution >= 0.6 is 0 Å². The smallest absolute Gasteiger partial charge is 0.0326 e. The van der Waals surface area contributed by atoms with E-state index in [0.717, 1.165) is 22.4 Å². The molecule has 0 atom stereocenters. The molecule has 0 bridgehead atoms. The summed E-state index contributed by atoms with van der Waals surface area (Å²) in [6.45, 7) is 2.00. The second kappa shape index (κ2) is 4.50. The fourth-order valence-electron chi connectivity index (χ4n) is 1.37. The first kappa shape index (κ1) is 10.3. The quantitative estimate of drug-likeness (QED) is 0.533. The van der Waals surface area contributed by atoms with E-state index in [9.17, 15) is 0 Å². The Hall–Kier alpha value is -2.27. The zero-order chi connectivity index (χ0) is 11.4. The molecule has 78 valence electrons. The van der Waals surface area contributed by atoms with Gasteiger partial charge in [0.05, 0.1) is 0 Å². The Balaban J connectivity index is 2.32. The number of nitrogen functional groups attached to an aromatic ring is 1. The Bertz CT molecular complexity index is 562. The van der Waals surface area contributed by atoms with E-state index in [1.807, 2.05) is 43.5 Å². The maximum Gasteiger partial charge on any atom is 0.0326 e. The molecule has 2 aromatic rings. The molecule has 1 aromatic heterocycles. The minimum atomic E-state index is 0.734. The number of aromatic nitrogens is 1. The summed E-state index contributed by atoms with van der Waals surface area (Å²) in [5.74, 6) is 6.20. The molecule has 0 amide bonds. The van der Waals surface area contributed by atoms with E-state index in [1.165, 1.54) is 0 Å². The molecule has 0 radical (unpaired) electrons. The van der Waals surface area contributed by atoms with E-state index in [-0.39, 0.29) is 0 Å². The van der Waals surface area contributed by atoms with Gasteiger partial charge in [-0.3, -0.25) is 4.98 Å². The number of nitrogens with zero attached hydrogens (tertiary/aromatic N) is 1. The highest BCUT2D eigenvalue weighted by Gasteiger charge is 1.92. The lowest BCUT2D eigenvalue weighted by atomic mass is 10.1. The Morgan fingerprint density at radius 1 is 1.19 bits per heavy atom. The first-order valence-corrected chi connectivity index (χ1v) is 5.04. The molecule has 0 unspecified atom stereocenters. The lowest BCUT2D eigenvalue weighted by molar-refractivity contribution is 1.25. The molecule has 2 N–H and O–H groups in total. The summed E-state index contributed by atoms with van der Waals surface area (Å²) in [4.78, 5) is 4.03.